The molecule has 0 spiro atoms. The number of amides is 1. The zero-order chi connectivity index (χ0) is 29.9. The Hall–Kier alpha value is -4.59. The molecule has 11 nitrogen and oxygen atoms in total. The number of benzene rings is 3. The lowest BCUT2D eigenvalue weighted by molar-refractivity contribution is -0.121. The minimum absolute atomic E-state index is 0.0759. The zero-order valence-electron chi connectivity index (χ0n) is 22.4. The van der Waals surface area contributed by atoms with Crippen molar-refractivity contribution < 1.29 is 37.0 Å². The van der Waals surface area contributed by atoms with E-state index in [-0.39, 0.29) is 52.7 Å². The monoisotopic (exact) mass is 594 g/mol. The summed E-state index contributed by atoms with van der Waals surface area (Å²) in [4.78, 5) is 24.1. The number of rotatable bonds is 12. The Morgan fingerprint density at radius 2 is 1.79 bits per heavy atom. The first-order chi connectivity index (χ1) is 20.1. The van der Waals surface area contributed by atoms with Gasteiger partial charge in [0.1, 0.15) is 23.1 Å². The van der Waals surface area contributed by atoms with Gasteiger partial charge in [-0.05, 0) is 67.8 Å². The smallest absolute Gasteiger partial charge is 0.356 e. The molecule has 0 saturated heterocycles. The first-order valence-corrected chi connectivity index (χ1v) is 14.4. The number of carboxylic acid groups (broad SMARTS) is 1. The van der Waals surface area contributed by atoms with Gasteiger partial charge in [-0.1, -0.05) is 30.3 Å². The van der Waals surface area contributed by atoms with E-state index in [0.29, 0.717) is 18.5 Å². The summed E-state index contributed by atoms with van der Waals surface area (Å²) >= 11 is 0. The Balaban J connectivity index is 1.44. The Morgan fingerprint density at radius 3 is 2.45 bits per heavy atom. The van der Waals surface area contributed by atoms with Gasteiger partial charge in [0.25, 0.3) is 0 Å². The van der Waals surface area contributed by atoms with Gasteiger partial charge in [-0.2, -0.15) is 9.78 Å². The number of nitrogens with zero attached hydrogens (tertiary/aromatic N) is 2. The van der Waals surface area contributed by atoms with Crippen molar-refractivity contribution in [1.82, 2.24) is 14.5 Å². The minimum Gasteiger partial charge on any atom is -0.476 e. The molecule has 3 N–H and O–H groups in total. The number of carboxylic acids is 1. The molecule has 0 unspecified atom stereocenters. The van der Waals surface area contributed by atoms with Gasteiger partial charge in [0.2, 0.25) is 21.8 Å². The molecule has 1 heterocycles. The van der Waals surface area contributed by atoms with E-state index in [4.69, 9.17) is 9.47 Å². The van der Waals surface area contributed by atoms with E-state index < -0.39 is 27.7 Å². The van der Waals surface area contributed by atoms with Gasteiger partial charge >= 0.3 is 5.97 Å². The Bertz CT molecular complexity index is 1720. The summed E-state index contributed by atoms with van der Waals surface area (Å²) in [5.74, 6) is -2.53. The highest BCUT2D eigenvalue weighted by molar-refractivity contribution is 7.89. The van der Waals surface area contributed by atoms with Crippen molar-refractivity contribution in [3.8, 4) is 17.3 Å². The third kappa shape index (κ3) is 6.82. The number of aromatic nitrogens is 2. The van der Waals surface area contributed by atoms with Crippen molar-refractivity contribution in [2.75, 3.05) is 11.9 Å². The van der Waals surface area contributed by atoms with Crippen LogP contribution in [0.25, 0.3) is 5.69 Å². The van der Waals surface area contributed by atoms with Gasteiger partial charge in [0.05, 0.1) is 12.3 Å². The maximum Gasteiger partial charge on any atom is 0.356 e. The number of sulfonamides is 1. The normalized spacial score (nSPS) is 13.1. The molecule has 1 amide bonds. The molecule has 0 radical (unpaired) electrons. The summed E-state index contributed by atoms with van der Waals surface area (Å²) in [6, 6.07) is 18.3. The van der Waals surface area contributed by atoms with Crippen molar-refractivity contribution in [2.45, 2.75) is 37.3 Å². The van der Waals surface area contributed by atoms with Crippen LogP contribution in [0.4, 0.5) is 10.1 Å². The second-order valence-corrected chi connectivity index (χ2v) is 11.3. The SMILES string of the molecule is Cc1c(C(=O)O)nn(-c2ccc(F)cc2)c1Oc1ccc(NC(=O)COCc2ccccc2)cc1S(=O)(=O)NC1CC1. The van der Waals surface area contributed by atoms with E-state index in [1.54, 1.807) is 0 Å². The molecule has 5 rings (SSSR count). The van der Waals surface area contributed by atoms with Gasteiger partial charge in [0.15, 0.2) is 5.69 Å². The van der Waals surface area contributed by atoms with Crippen LogP contribution in [-0.2, 0) is 26.2 Å². The fourth-order valence-electron chi connectivity index (χ4n) is 4.06. The molecule has 0 atom stereocenters. The van der Waals surface area contributed by atoms with Gasteiger partial charge in [-0.3, -0.25) is 4.79 Å². The lowest BCUT2D eigenvalue weighted by Gasteiger charge is -2.16. The van der Waals surface area contributed by atoms with Crippen LogP contribution in [0.1, 0.15) is 34.5 Å². The number of nitrogens with one attached hydrogen (secondary N) is 2. The topological polar surface area (TPSA) is 149 Å². The number of carbonyl (C=O) groups is 2. The van der Waals surface area contributed by atoms with E-state index in [2.05, 4.69) is 15.1 Å². The second kappa shape index (κ2) is 12.1. The van der Waals surface area contributed by atoms with Gasteiger partial charge in [-0.15, -0.1) is 0 Å². The van der Waals surface area contributed by atoms with Crippen LogP contribution in [0.2, 0.25) is 0 Å². The fourth-order valence-corrected chi connectivity index (χ4v) is 5.52. The first kappa shape index (κ1) is 28.9. The van der Waals surface area contributed by atoms with Gasteiger partial charge in [0, 0.05) is 17.3 Å². The molecule has 1 aliphatic rings. The van der Waals surface area contributed by atoms with Crippen LogP contribution in [-0.4, -0.2) is 47.8 Å². The minimum atomic E-state index is -4.12. The molecule has 218 valence electrons. The summed E-state index contributed by atoms with van der Waals surface area (Å²) in [5.41, 5.74) is 1.17. The highest BCUT2D eigenvalue weighted by Crippen LogP contribution is 2.36. The van der Waals surface area contributed by atoms with Crippen LogP contribution in [0.3, 0.4) is 0 Å². The van der Waals surface area contributed by atoms with Crippen molar-refractivity contribution in [3.05, 3.63) is 95.4 Å². The van der Waals surface area contributed by atoms with E-state index in [0.717, 1.165) is 10.2 Å². The number of halogens is 1. The predicted molar refractivity (Wildman–Crippen MR) is 150 cm³/mol. The van der Waals surface area contributed by atoms with Crippen molar-refractivity contribution in [3.63, 3.8) is 0 Å². The number of ether oxygens (including phenoxy) is 2. The van der Waals surface area contributed by atoms with Crippen LogP contribution >= 0.6 is 0 Å². The van der Waals surface area contributed by atoms with Crippen LogP contribution < -0.4 is 14.8 Å². The molecule has 1 aromatic heterocycles. The van der Waals surface area contributed by atoms with Gasteiger partial charge < -0.3 is 19.9 Å². The standard InChI is InChI=1S/C29H27FN4O7S/c1-18-27(29(36)37)32-34(23-12-7-20(30)8-13-23)28(18)41-24-14-11-22(15-25(24)42(38,39)33-21-9-10-21)31-26(35)17-40-16-19-5-3-2-4-6-19/h2-8,11-15,21,33H,9-10,16-17H2,1H3,(H,31,35)(H,36,37). The van der Waals surface area contributed by atoms with E-state index in [9.17, 15) is 27.5 Å². The Kier molecular flexibility index (Phi) is 8.34. The zero-order valence-corrected chi connectivity index (χ0v) is 23.2. The largest absolute Gasteiger partial charge is 0.476 e. The Labute approximate surface area is 240 Å². The van der Waals surface area contributed by atoms with Crippen LogP contribution in [0.15, 0.2) is 77.7 Å². The number of carbonyl (C=O) groups excluding carboxylic acids is 1. The van der Waals surface area contributed by atoms with Crippen molar-refractivity contribution in [2.24, 2.45) is 0 Å². The van der Waals surface area contributed by atoms with Crippen molar-refractivity contribution in [1.29, 1.82) is 0 Å². The first-order valence-electron chi connectivity index (χ1n) is 13.0. The lowest BCUT2D eigenvalue weighted by atomic mass is 10.2. The molecule has 1 saturated carbocycles. The average molecular weight is 595 g/mol. The number of hydrogen-bond donors (Lipinski definition) is 3. The van der Waals surface area contributed by atoms with Crippen LogP contribution in [0.5, 0.6) is 11.6 Å². The molecular formula is C29H27FN4O7S. The summed E-state index contributed by atoms with van der Waals surface area (Å²) in [7, 11) is -4.12. The maximum atomic E-state index is 13.6. The molecule has 0 bridgehead atoms. The highest BCUT2D eigenvalue weighted by Gasteiger charge is 2.31. The summed E-state index contributed by atoms with van der Waals surface area (Å²) in [5, 5.41) is 16.4. The third-order valence-corrected chi connectivity index (χ3v) is 7.85. The molecule has 13 heteroatoms. The third-order valence-electron chi connectivity index (χ3n) is 6.31. The molecule has 1 aliphatic carbocycles. The molecule has 1 fully saturated rings. The highest BCUT2D eigenvalue weighted by atomic mass is 32.2. The number of aromatic carboxylic acids is 1. The average Bonchev–Trinajstić information content (AvgIpc) is 3.71. The summed E-state index contributed by atoms with van der Waals surface area (Å²) in [6.07, 6.45) is 1.37. The van der Waals surface area contributed by atoms with E-state index >= 15 is 0 Å². The lowest BCUT2D eigenvalue weighted by Crippen LogP contribution is -2.26. The van der Waals surface area contributed by atoms with Gasteiger partial charge in [-0.25, -0.2) is 22.3 Å². The fraction of sp³-hybridized carbons (Fsp3) is 0.207. The number of hydrogen-bond acceptors (Lipinski definition) is 7. The molecule has 3 aromatic carbocycles. The Morgan fingerprint density at radius 1 is 1.07 bits per heavy atom. The predicted octanol–water partition coefficient (Wildman–Crippen LogP) is 4.41. The second-order valence-electron chi connectivity index (χ2n) is 9.66. The molecule has 0 aliphatic heterocycles. The molecule has 42 heavy (non-hydrogen) atoms. The van der Waals surface area contributed by atoms with E-state index in [1.165, 1.54) is 49.4 Å². The van der Waals surface area contributed by atoms with E-state index in [1.807, 2.05) is 30.3 Å². The summed E-state index contributed by atoms with van der Waals surface area (Å²) in [6.45, 7) is 1.43. The molecule has 4 aromatic rings. The quantitative estimate of drug-likeness (QED) is 0.219. The maximum absolute atomic E-state index is 13.6. The van der Waals surface area contributed by atoms with Crippen LogP contribution in [0, 0.1) is 12.7 Å². The summed E-state index contributed by atoms with van der Waals surface area (Å²) < 4.78 is 55.5. The number of anilines is 1. The van der Waals surface area contributed by atoms with Crippen molar-refractivity contribution >= 4 is 27.6 Å². The molecular weight excluding hydrogens is 567 g/mol.